The summed E-state index contributed by atoms with van der Waals surface area (Å²) in [5, 5.41) is 10.6. The highest BCUT2D eigenvalue weighted by atomic mass is 19.1. The fraction of sp³-hybridized carbons (Fsp3) is 0.600. The molecule has 5 heterocycles. The van der Waals surface area contributed by atoms with Crippen LogP contribution in [0, 0.1) is 11.9 Å². The Balaban J connectivity index is 1.24. The van der Waals surface area contributed by atoms with E-state index >= 15 is 0 Å². The molecule has 4 atom stereocenters. The third kappa shape index (κ3) is 3.06. The second kappa shape index (κ2) is 6.80. The van der Waals surface area contributed by atoms with Crippen molar-refractivity contribution >= 4 is 0 Å². The maximum atomic E-state index is 13.9. The van der Waals surface area contributed by atoms with E-state index in [1.807, 2.05) is 19.9 Å². The predicted molar refractivity (Wildman–Crippen MR) is 114 cm³/mol. The fourth-order valence-corrected chi connectivity index (χ4v) is 6.97. The van der Waals surface area contributed by atoms with E-state index in [0.717, 1.165) is 49.0 Å². The van der Waals surface area contributed by atoms with Gasteiger partial charge in [0.05, 0.1) is 23.0 Å². The van der Waals surface area contributed by atoms with Gasteiger partial charge in [-0.15, -0.1) is 0 Å². The van der Waals surface area contributed by atoms with Crippen molar-refractivity contribution in [3.05, 3.63) is 58.9 Å². The minimum Gasteiger partial charge on any atom is -0.387 e. The van der Waals surface area contributed by atoms with Gasteiger partial charge in [-0.3, -0.25) is 9.88 Å². The first-order valence-corrected chi connectivity index (χ1v) is 11.6. The van der Waals surface area contributed by atoms with Gasteiger partial charge in [-0.1, -0.05) is 6.07 Å². The fourth-order valence-electron chi connectivity index (χ4n) is 6.97. The minimum absolute atomic E-state index is 0.357. The molecule has 4 aliphatic rings. The van der Waals surface area contributed by atoms with Crippen molar-refractivity contribution < 1.29 is 14.2 Å². The van der Waals surface area contributed by atoms with E-state index in [1.54, 1.807) is 18.5 Å². The summed E-state index contributed by atoms with van der Waals surface area (Å²) in [6, 6.07) is 6.55. The van der Waals surface area contributed by atoms with E-state index < -0.39 is 17.7 Å². The van der Waals surface area contributed by atoms with Crippen molar-refractivity contribution in [2.45, 2.75) is 81.8 Å². The summed E-state index contributed by atoms with van der Waals surface area (Å²) >= 11 is 0. The highest BCUT2D eigenvalue weighted by Crippen LogP contribution is 2.56. The van der Waals surface area contributed by atoms with Crippen molar-refractivity contribution in [3.8, 4) is 0 Å². The smallest absolute Gasteiger partial charge is 0.213 e. The maximum absolute atomic E-state index is 13.9. The van der Waals surface area contributed by atoms with Crippen LogP contribution in [0.15, 0.2) is 30.6 Å². The molecule has 1 N–H and O–H groups in total. The molecule has 2 aromatic rings. The number of hydrogen-bond donors (Lipinski definition) is 1. The van der Waals surface area contributed by atoms with E-state index in [-0.39, 0.29) is 5.60 Å². The number of hydrogen-bond acceptors (Lipinski definition) is 5. The number of rotatable bonds is 2. The third-order valence-corrected chi connectivity index (χ3v) is 8.14. The molecule has 6 heteroatoms. The molecule has 3 aliphatic heterocycles. The van der Waals surface area contributed by atoms with Crippen LogP contribution in [0.1, 0.15) is 74.4 Å². The molecular weight excluding hydrogens is 393 g/mol. The minimum atomic E-state index is -0.495. The Labute approximate surface area is 182 Å². The summed E-state index contributed by atoms with van der Waals surface area (Å²) in [5.74, 6) is 0.00588. The Bertz CT molecular complexity index is 1010. The predicted octanol–water partition coefficient (Wildman–Crippen LogP) is 4.00. The van der Waals surface area contributed by atoms with Crippen LogP contribution in [0.3, 0.4) is 0 Å². The SMILES string of the molecule is CC1(C)OC2(CC3CCC(C2)N3C[C@@H]2Cc3cccnc3[C@@H](O)C2)c2cnc(F)cc21. The molecule has 2 fully saturated rings. The zero-order valence-electron chi connectivity index (χ0n) is 18.2. The highest BCUT2D eigenvalue weighted by molar-refractivity contribution is 5.40. The van der Waals surface area contributed by atoms with Gasteiger partial charge in [0, 0.05) is 36.6 Å². The molecule has 1 spiro atoms. The molecule has 1 aliphatic carbocycles. The number of halogens is 1. The van der Waals surface area contributed by atoms with Gasteiger partial charge in [0.1, 0.15) is 0 Å². The first-order valence-electron chi connectivity index (χ1n) is 11.6. The van der Waals surface area contributed by atoms with Crippen LogP contribution in [0.4, 0.5) is 4.39 Å². The molecule has 0 amide bonds. The Kier molecular flexibility index (Phi) is 4.34. The summed E-state index contributed by atoms with van der Waals surface area (Å²) in [7, 11) is 0. The van der Waals surface area contributed by atoms with Crippen molar-refractivity contribution in [2.24, 2.45) is 5.92 Å². The summed E-state index contributed by atoms with van der Waals surface area (Å²) in [6.07, 6.45) is 9.00. The maximum Gasteiger partial charge on any atom is 0.213 e. The number of aliphatic hydroxyl groups excluding tert-OH is 1. The lowest BCUT2D eigenvalue weighted by Gasteiger charge is -2.47. The Morgan fingerprint density at radius 3 is 2.74 bits per heavy atom. The number of ether oxygens (including phenoxy) is 1. The summed E-state index contributed by atoms with van der Waals surface area (Å²) < 4.78 is 20.6. The van der Waals surface area contributed by atoms with Crippen LogP contribution < -0.4 is 0 Å². The average molecular weight is 424 g/mol. The molecule has 2 bridgehead atoms. The van der Waals surface area contributed by atoms with Crippen LogP contribution in [0.25, 0.3) is 0 Å². The van der Waals surface area contributed by atoms with Gasteiger partial charge in [-0.2, -0.15) is 4.39 Å². The Morgan fingerprint density at radius 2 is 1.97 bits per heavy atom. The average Bonchev–Trinajstić information content (AvgIpc) is 3.08. The van der Waals surface area contributed by atoms with Crippen molar-refractivity contribution in [1.29, 1.82) is 0 Å². The molecule has 5 nitrogen and oxygen atoms in total. The van der Waals surface area contributed by atoms with Crippen LogP contribution in [0.2, 0.25) is 0 Å². The lowest BCUT2D eigenvalue weighted by Crippen LogP contribution is -2.52. The molecule has 0 radical (unpaired) electrons. The number of nitrogens with zero attached hydrogens (tertiary/aromatic N) is 3. The van der Waals surface area contributed by atoms with Gasteiger partial charge in [-0.25, -0.2) is 4.98 Å². The molecule has 2 aromatic heterocycles. The zero-order valence-corrected chi connectivity index (χ0v) is 18.2. The van der Waals surface area contributed by atoms with E-state index in [2.05, 4.69) is 20.9 Å². The van der Waals surface area contributed by atoms with Gasteiger partial charge in [0.2, 0.25) is 5.95 Å². The zero-order chi connectivity index (χ0) is 21.4. The monoisotopic (exact) mass is 423 g/mol. The van der Waals surface area contributed by atoms with Gasteiger partial charge in [0.25, 0.3) is 0 Å². The van der Waals surface area contributed by atoms with E-state index in [4.69, 9.17) is 4.74 Å². The second-order valence-electron chi connectivity index (χ2n) is 10.5. The molecule has 6 rings (SSSR count). The summed E-state index contributed by atoms with van der Waals surface area (Å²) in [4.78, 5) is 11.1. The molecular formula is C25H30FN3O2. The molecule has 2 saturated heterocycles. The first-order chi connectivity index (χ1) is 14.8. The number of aromatic nitrogens is 2. The molecule has 2 unspecified atom stereocenters. The number of aliphatic hydroxyl groups is 1. The number of fused-ring (bicyclic) bond motifs is 5. The topological polar surface area (TPSA) is 58.5 Å². The molecule has 0 saturated carbocycles. The normalized spacial score (nSPS) is 35.9. The molecule has 0 aromatic carbocycles. The van der Waals surface area contributed by atoms with Crippen molar-refractivity contribution in [3.63, 3.8) is 0 Å². The van der Waals surface area contributed by atoms with Gasteiger partial charge in [-0.05, 0) is 81.5 Å². The van der Waals surface area contributed by atoms with Gasteiger partial charge < -0.3 is 9.84 Å². The van der Waals surface area contributed by atoms with Gasteiger partial charge >= 0.3 is 0 Å². The Hall–Kier alpha value is -1.89. The summed E-state index contributed by atoms with van der Waals surface area (Å²) in [5.41, 5.74) is 3.23. The van der Waals surface area contributed by atoms with Crippen LogP contribution in [-0.2, 0) is 22.4 Å². The molecule has 31 heavy (non-hydrogen) atoms. The molecule has 164 valence electrons. The van der Waals surface area contributed by atoms with Crippen LogP contribution in [0.5, 0.6) is 0 Å². The van der Waals surface area contributed by atoms with Crippen LogP contribution in [-0.4, -0.2) is 38.6 Å². The van der Waals surface area contributed by atoms with E-state index in [0.29, 0.717) is 18.0 Å². The lowest BCUT2D eigenvalue weighted by atomic mass is 9.78. The van der Waals surface area contributed by atoms with E-state index in [1.165, 1.54) is 18.4 Å². The third-order valence-electron chi connectivity index (χ3n) is 8.14. The first kappa shape index (κ1) is 19.8. The highest BCUT2D eigenvalue weighted by Gasteiger charge is 2.57. The summed E-state index contributed by atoms with van der Waals surface area (Å²) in [6.45, 7) is 5.10. The number of pyridine rings is 2. The van der Waals surface area contributed by atoms with E-state index in [9.17, 15) is 9.50 Å². The standard InChI is InChI=1S/C25H30FN3O2/c1-24(2)19-10-22(26)28-13-20(19)25(31-24)11-17-5-6-18(12-25)29(17)14-15-8-16-4-3-7-27-23(16)21(30)9-15/h3-4,7,10,13,15,17-18,21,30H,5-6,8-9,11-12,14H2,1-2H3/t15-,17?,18?,21+,25?/m1/s1. The second-order valence-corrected chi connectivity index (χ2v) is 10.5. The lowest BCUT2D eigenvalue weighted by molar-refractivity contribution is -0.164. The largest absolute Gasteiger partial charge is 0.387 e. The van der Waals surface area contributed by atoms with Gasteiger partial charge in [0.15, 0.2) is 0 Å². The quantitative estimate of drug-likeness (QED) is 0.740. The van der Waals surface area contributed by atoms with Crippen molar-refractivity contribution in [2.75, 3.05) is 6.54 Å². The van der Waals surface area contributed by atoms with Crippen molar-refractivity contribution in [1.82, 2.24) is 14.9 Å². The van der Waals surface area contributed by atoms with Crippen LogP contribution >= 0.6 is 0 Å². The number of piperidine rings is 1. The Morgan fingerprint density at radius 1 is 1.19 bits per heavy atom.